The van der Waals surface area contributed by atoms with Gasteiger partial charge in [-0.2, -0.15) is 5.26 Å². The number of carbonyl (C=O) groups is 1. The van der Waals surface area contributed by atoms with E-state index in [4.69, 9.17) is 32.4 Å². The molecule has 0 fully saturated rings. The van der Waals surface area contributed by atoms with Crippen LogP contribution in [0.2, 0.25) is 5.02 Å². The number of nitrogens with two attached hydrogens (primary N) is 1. The lowest BCUT2D eigenvalue weighted by Gasteiger charge is -2.11. The van der Waals surface area contributed by atoms with Gasteiger partial charge in [0.15, 0.2) is 0 Å². The van der Waals surface area contributed by atoms with E-state index in [1.165, 1.54) is 24.8 Å². The lowest BCUT2D eigenvalue weighted by molar-refractivity contribution is 0.102. The van der Waals surface area contributed by atoms with Gasteiger partial charge in [-0.15, -0.1) is 0 Å². The van der Waals surface area contributed by atoms with E-state index in [0.717, 1.165) is 0 Å². The predicted molar refractivity (Wildman–Crippen MR) is 97.4 cm³/mol. The Morgan fingerprint density at radius 2 is 2.15 bits per heavy atom. The van der Waals surface area contributed by atoms with Crippen LogP contribution in [0, 0.1) is 16.7 Å². The molecule has 0 aliphatic rings. The highest BCUT2D eigenvalue weighted by Gasteiger charge is 2.17. The van der Waals surface area contributed by atoms with Gasteiger partial charge in [0.25, 0.3) is 5.91 Å². The second-order valence-electron chi connectivity index (χ2n) is 5.28. The minimum absolute atomic E-state index is 0.0192. The molecule has 0 saturated heterocycles. The molecule has 4 N–H and O–H groups in total. The van der Waals surface area contributed by atoms with Crippen molar-refractivity contribution in [3.8, 4) is 6.07 Å². The van der Waals surface area contributed by atoms with Crippen LogP contribution in [0.4, 0.5) is 11.4 Å². The monoisotopic (exact) mass is 365 g/mol. The molecule has 26 heavy (non-hydrogen) atoms. The number of nitrogens with zero attached hydrogens (tertiary/aromatic N) is 2. The lowest BCUT2D eigenvalue weighted by atomic mass is 10.0. The van der Waals surface area contributed by atoms with Crippen LogP contribution < -0.4 is 11.1 Å². The maximum absolute atomic E-state index is 12.4. The fourth-order valence-electron chi connectivity index (χ4n) is 2.29. The Morgan fingerprint density at radius 1 is 1.35 bits per heavy atom. The summed E-state index contributed by atoms with van der Waals surface area (Å²) in [5.41, 5.74) is 8.00. The number of anilines is 2. The Bertz CT molecular complexity index is 1040. The number of halogens is 1. The summed E-state index contributed by atoms with van der Waals surface area (Å²) in [6.45, 7) is 0. The lowest BCUT2D eigenvalue weighted by Crippen LogP contribution is -2.15. The van der Waals surface area contributed by atoms with Crippen molar-refractivity contribution in [2.45, 2.75) is 0 Å². The van der Waals surface area contributed by atoms with Crippen LogP contribution in [0.5, 0.6) is 0 Å². The molecule has 1 aromatic carbocycles. The molecule has 2 heterocycles. The van der Waals surface area contributed by atoms with Gasteiger partial charge in [-0.1, -0.05) is 11.6 Å². The number of hydrogen-bond donors (Lipinski definition) is 3. The van der Waals surface area contributed by atoms with Crippen molar-refractivity contribution in [2.24, 2.45) is 0 Å². The molecule has 0 atom stereocenters. The average Bonchev–Trinajstić information content (AvgIpc) is 3.17. The molecule has 2 aromatic heterocycles. The molecule has 0 saturated carbocycles. The first-order valence-electron chi connectivity index (χ1n) is 7.38. The number of amides is 1. The van der Waals surface area contributed by atoms with Gasteiger partial charge in [-0.3, -0.25) is 10.2 Å². The van der Waals surface area contributed by atoms with Gasteiger partial charge in [0.05, 0.1) is 28.8 Å². The van der Waals surface area contributed by atoms with Crippen LogP contribution in [0.1, 0.15) is 27.2 Å². The molecular formula is C18H12ClN5O2. The first-order chi connectivity index (χ1) is 12.5. The van der Waals surface area contributed by atoms with Gasteiger partial charge in [-0.05, 0) is 30.3 Å². The highest BCUT2D eigenvalue weighted by molar-refractivity contribution is 6.35. The number of hydrogen-bond acceptors (Lipinski definition) is 6. The summed E-state index contributed by atoms with van der Waals surface area (Å²) in [4.78, 5) is 16.4. The standard InChI is InChI=1S/C18H12ClN5O2/c19-15-10(8-20)3-5-23-17(15)18(25)24-12-1-2-14(21)13(7-12)16(22)11-4-6-26-9-11/h1-7,9,22H,21H2,(H,24,25). The number of nitrogen functional groups attached to an aromatic ring is 1. The second kappa shape index (κ2) is 7.09. The number of benzene rings is 1. The number of nitriles is 1. The zero-order valence-corrected chi connectivity index (χ0v) is 14.0. The third kappa shape index (κ3) is 3.27. The highest BCUT2D eigenvalue weighted by Crippen LogP contribution is 2.23. The SMILES string of the molecule is N#Cc1ccnc(C(=O)Nc2ccc(N)c(C(=N)c3ccoc3)c2)c1Cl. The van der Waals surface area contributed by atoms with E-state index in [9.17, 15) is 4.79 Å². The quantitative estimate of drug-likeness (QED) is 0.481. The molecule has 7 nitrogen and oxygen atoms in total. The maximum Gasteiger partial charge on any atom is 0.275 e. The topological polar surface area (TPSA) is 129 Å². The molecule has 8 heteroatoms. The van der Waals surface area contributed by atoms with Crippen LogP contribution in [0.25, 0.3) is 0 Å². The number of furan rings is 1. The first-order valence-corrected chi connectivity index (χ1v) is 7.76. The predicted octanol–water partition coefficient (Wildman–Crippen LogP) is 3.45. The van der Waals surface area contributed by atoms with E-state index < -0.39 is 5.91 Å². The minimum Gasteiger partial charge on any atom is -0.472 e. The van der Waals surface area contributed by atoms with E-state index in [0.29, 0.717) is 22.5 Å². The number of aromatic nitrogens is 1. The van der Waals surface area contributed by atoms with Gasteiger partial charge in [0, 0.05) is 28.7 Å². The Hall–Kier alpha value is -3.63. The van der Waals surface area contributed by atoms with Crippen molar-refractivity contribution >= 4 is 34.6 Å². The van der Waals surface area contributed by atoms with E-state index in [2.05, 4.69) is 10.3 Å². The average molecular weight is 366 g/mol. The van der Waals surface area contributed by atoms with Crippen molar-refractivity contribution in [2.75, 3.05) is 11.1 Å². The van der Waals surface area contributed by atoms with Crippen molar-refractivity contribution in [1.29, 1.82) is 10.7 Å². The molecule has 0 aliphatic carbocycles. The van der Waals surface area contributed by atoms with Crippen LogP contribution >= 0.6 is 11.6 Å². The molecule has 0 aliphatic heterocycles. The summed E-state index contributed by atoms with van der Waals surface area (Å²) in [7, 11) is 0. The van der Waals surface area contributed by atoms with Crippen molar-refractivity contribution < 1.29 is 9.21 Å². The zero-order chi connectivity index (χ0) is 18.7. The zero-order valence-electron chi connectivity index (χ0n) is 13.3. The van der Waals surface area contributed by atoms with Crippen LogP contribution in [0.15, 0.2) is 53.5 Å². The second-order valence-corrected chi connectivity index (χ2v) is 5.65. The molecule has 1 amide bonds. The summed E-state index contributed by atoms with van der Waals surface area (Å²) in [5, 5.41) is 19.9. The first kappa shape index (κ1) is 17.2. The van der Waals surface area contributed by atoms with E-state index in [-0.39, 0.29) is 22.0 Å². The van der Waals surface area contributed by atoms with Gasteiger partial charge in [0.1, 0.15) is 11.8 Å². The fraction of sp³-hybridized carbons (Fsp3) is 0. The van der Waals surface area contributed by atoms with Crippen LogP contribution in [-0.4, -0.2) is 16.6 Å². The fourth-order valence-corrected chi connectivity index (χ4v) is 2.53. The van der Waals surface area contributed by atoms with Crippen molar-refractivity contribution in [3.63, 3.8) is 0 Å². The van der Waals surface area contributed by atoms with Crippen molar-refractivity contribution in [3.05, 3.63) is 76.5 Å². The number of carbonyl (C=O) groups excluding carboxylic acids is 1. The Morgan fingerprint density at radius 3 is 2.85 bits per heavy atom. The summed E-state index contributed by atoms with van der Waals surface area (Å²) < 4.78 is 4.98. The molecule has 0 bridgehead atoms. The number of nitrogens with one attached hydrogen (secondary N) is 2. The normalized spacial score (nSPS) is 10.2. The van der Waals surface area contributed by atoms with Gasteiger partial charge in [0.2, 0.25) is 0 Å². The third-order valence-electron chi connectivity index (χ3n) is 3.62. The van der Waals surface area contributed by atoms with Crippen molar-refractivity contribution in [1.82, 2.24) is 4.98 Å². The Balaban J connectivity index is 1.90. The number of pyridine rings is 1. The van der Waals surface area contributed by atoms with Gasteiger partial charge >= 0.3 is 0 Å². The summed E-state index contributed by atoms with van der Waals surface area (Å²) in [5.74, 6) is -0.572. The summed E-state index contributed by atoms with van der Waals surface area (Å²) in [6.07, 6.45) is 4.23. The molecule has 128 valence electrons. The minimum atomic E-state index is -0.572. The Labute approximate surface area is 153 Å². The molecule has 3 aromatic rings. The van der Waals surface area contributed by atoms with Gasteiger partial charge in [-0.25, -0.2) is 4.98 Å². The number of rotatable bonds is 4. The summed E-state index contributed by atoms with van der Waals surface area (Å²) in [6, 6.07) is 9.72. The maximum atomic E-state index is 12.4. The smallest absolute Gasteiger partial charge is 0.275 e. The van der Waals surface area contributed by atoms with Crippen LogP contribution in [0.3, 0.4) is 0 Å². The molecular weight excluding hydrogens is 354 g/mol. The molecule has 0 radical (unpaired) electrons. The van der Waals surface area contributed by atoms with E-state index in [1.54, 1.807) is 24.3 Å². The molecule has 3 rings (SSSR count). The van der Waals surface area contributed by atoms with E-state index >= 15 is 0 Å². The van der Waals surface area contributed by atoms with E-state index in [1.807, 2.05) is 6.07 Å². The molecule has 0 spiro atoms. The summed E-state index contributed by atoms with van der Waals surface area (Å²) >= 11 is 6.03. The van der Waals surface area contributed by atoms with Gasteiger partial charge < -0.3 is 15.5 Å². The highest BCUT2D eigenvalue weighted by atomic mass is 35.5. The van der Waals surface area contributed by atoms with Crippen LogP contribution in [-0.2, 0) is 0 Å². The third-order valence-corrected chi connectivity index (χ3v) is 4.00. The Kier molecular flexibility index (Phi) is 4.69. The molecule has 0 unspecified atom stereocenters. The largest absolute Gasteiger partial charge is 0.472 e.